The summed E-state index contributed by atoms with van der Waals surface area (Å²) >= 11 is 3.30. The molecule has 0 radical (unpaired) electrons. The van der Waals surface area contributed by atoms with Gasteiger partial charge in [-0.3, -0.25) is 4.79 Å². The smallest absolute Gasteiger partial charge is 0.238 e. The summed E-state index contributed by atoms with van der Waals surface area (Å²) in [6.07, 6.45) is 2.41. The summed E-state index contributed by atoms with van der Waals surface area (Å²) in [6.45, 7) is 1.95. The molecule has 1 atom stereocenters. The quantitative estimate of drug-likeness (QED) is 0.864. The molecule has 16 heavy (non-hydrogen) atoms. The molecule has 5 heteroatoms. The molecule has 0 saturated carbocycles. The van der Waals surface area contributed by atoms with E-state index in [2.05, 4.69) is 26.2 Å². The number of carbonyl (C=O) groups is 1. The summed E-state index contributed by atoms with van der Waals surface area (Å²) in [7, 11) is 3.85. The molecular weight excluding hydrogens is 270 g/mol. The third kappa shape index (κ3) is 3.48. The van der Waals surface area contributed by atoms with Gasteiger partial charge >= 0.3 is 0 Å². The number of pyridine rings is 1. The van der Waals surface area contributed by atoms with E-state index in [0.717, 1.165) is 12.2 Å². The van der Waals surface area contributed by atoms with Crippen molar-refractivity contribution in [2.45, 2.75) is 18.2 Å². The highest BCUT2D eigenvalue weighted by Gasteiger charge is 2.12. The fraction of sp³-hybridized carbons (Fsp3) is 0.455. The van der Waals surface area contributed by atoms with E-state index in [1.165, 1.54) is 0 Å². The van der Waals surface area contributed by atoms with E-state index >= 15 is 0 Å². The Hall–Kier alpha value is -1.10. The molecule has 1 heterocycles. The lowest BCUT2D eigenvalue weighted by molar-refractivity contribution is -0.115. The predicted molar refractivity (Wildman–Crippen MR) is 70.2 cm³/mol. The van der Waals surface area contributed by atoms with Crippen LogP contribution in [0, 0.1) is 0 Å². The number of hydrogen-bond acceptors (Lipinski definition) is 3. The van der Waals surface area contributed by atoms with Gasteiger partial charge in [0.05, 0.1) is 16.7 Å². The molecule has 0 aliphatic heterocycles. The van der Waals surface area contributed by atoms with E-state index in [-0.39, 0.29) is 10.7 Å². The zero-order valence-electron chi connectivity index (χ0n) is 9.70. The van der Waals surface area contributed by atoms with Crippen molar-refractivity contribution in [2.24, 2.45) is 0 Å². The van der Waals surface area contributed by atoms with Crippen LogP contribution in [0.1, 0.15) is 13.3 Å². The van der Waals surface area contributed by atoms with Gasteiger partial charge in [-0.1, -0.05) is 22.9 Å². The molecule has 0 spiro atoms. The second-order valence-electron chi connectivity index (χ2n) is 3.66. The van der Waals surface area contributed by atoms with Crippen LogP contribution >= 0.6 is 15.9 Å². The van der Waals surface area contributed by atoms with Gasteiger partial charge in [0.1, 0.15) is 5.82 Å². The fourth-order valence-electron chi connectivity index (χ4n) is 1.13. The van der Waals surface area contributed by atoms with Crippen molar-refractivity contribution >= 4 is 33.3 Å². The molecule has 0 bridgehead atoms. The van der Waals surface area contributed by atoms with Crippen LogP contribution in [0.3, 0.4) is 0 Å². The van der Waals surface area contributed by atoms with Crippen molar-refractivity contribution in [1.29, 1.82) is 0 Å². The van der Waals surface area contributed by atoms with Gasteiger partial charge in [0, 0.05) is 14.1 Å². The zero-order chi connectivity index (χ0) is 12.1. The predicted octanol–water partition coefficient (Wildman–Crippen LogP) is 2.26. The van der Waals surface area contributed by atoms with Gasteiger partial charge in [-0.15, -0.1) is 0 Å². The van der Waals surface area contributed by atoms with Crippen LogP contribution in [-0.4, -0.2) is 29.8 Å². The first-order chi connectivity index (χ1) is 7.54. The minimum Gasteiger partial charge on any atom is -0.363 e. The molecule has 1 amide bonds. The monoisotopic (exact) mass is 285 g/mol. The van der Waals surface area contributed by atoms with Gasteiger partial charge in [-0.05, 0) is 18.6 Å². The molecule has 4 nitrogen and oxygen atoms in total. The van der Waals surface area contributed by atoms with Crippen molar-refractivity contribution in [3.63, 3.8) is 0 Å². The lowest BCUT2D eigenvalue weighted by Gasteiger charge is -2.12. The van der Waals surface area contributed by atoms with Crippen molar-refractivity contribution in [1.82, 2.24) is 4.98 Å². The van der Waals surface area contributed by atoms with Gasteiger partial charge in [-0.2, -0.15) is 0 Å². The number of alkyl halides is 1. The molecule has 0 saturated heterocycles. The fourth-order valence-corrected chi connectivity index (χ4v) is 1.24. The summed E-state index contributed by atoms with van der Waals surface area (Å²) in [5.74, 6) is 0.825. The Morgan fingerprint density at radius 1 is 1.56 bits per heavy atom. The third-order valence-corrected chi connectivity index (χ3v) is 3.18. The number of hydrogen-bond donors (Lipinski definition) is 1. The van der Waals surface area contributed by atoms with Crippen LogP contribution in [0.2, 0.25) is 0 Å². The lowest BCUT2D eigenvalue weighted by atomic mass is 10.3. The summed E-state index contributed by atoms with van der Waals surface area (Å²) in [5.41, 5.74) is 0.716. The molecule has 1 N–H and O–H groups in total. The Morgan fingerprint density at radius 3 is 2.69 bits per heavy atom. The number of nitrogens with zero attached hydrogens (tertiary/aromatic N) is 2. The second-order valence-corrected chi connectivity index (χ2v) is 4.77. The molecule has 0 aliphatic carbocycles. The Bertz CT molecular complexity index is 351. The first-order valence-electron chi connectivity index (χ1n) is 5.13. The average Bonchev–Trinajstić information content (AvgIpc) is 2.28. The maximum absolute atomic E-state index is 11.6. The SMILES string of the molecule is CCC(Br)C(=O)Nc1ccc(N(C)C)nc1. The van der Waals surface area contributed by atoms with Crippen LogP contribution in [0.5, 0.6) is 0 Å². The van der Waals surface area contributed by atoms with E-state index in [4.69, 9.17) is 0 Å². The molecule has 1 aromatic heterocycles. The van der Waals surface area contributed by atoms with Crippen molar-refractivity contribution in [3.05, 3.63) is 18.3 Å². The molecule has 0 aromatic carbocycles. The van der Waals surface area contributed by atoms with Gasteiger partial charge in [0.25, 0.3) is 0 Å². The first kappa shape index (κ1) is 13.0. The standard InChI is InChI=1S/C11H16BrN3O/c1-4-9(12)11(16)14-8-5-6-10(13-7-8)15(2)3/h5-7,9H,4H2,1-3H3,(H,14,16). The van der Waals surface area contributed by atoms with Crippen LogP contribution in [-0.2, 0) is 4.79 Å². The van der Waals surface area contributed by atoms with Crippen molar-refractivity contribution in [2.75, 3.05) is 24.3 Å². The average molecular weight is 286 g/mol. The van der Waals surface area contributed by atoms with Gasteiger partial charge < -0.3 is 10.2 Å². The summed E-state index contributed by atoms with van der Waals surface area (Å²) in [6, 6.07) is 3.71. The minimum atomic E-state index is -0.152. The first-order valence-corrected chi connectivity index (χ1v) is 6.04. The number of nitrogens with one attached hydrogen (secondary N) is 1. The highest BCUT2D eigenvalue weighted by Crippen LogP contribution is 2.13. The Kier molecular flexibility index (Phi) is 4.73. The number of amides is 1. The van der Waals surface area contributed by atoms with Crippen LogP contribution in [0.4, 0.5) is 11.5 Å². The summed E-state index contributed by atoms with van der Waals surface area (Å²) in [5, 5.41) is 2.79. The van der Waals surface area contributed by atoms with Crippen LogP contribution in [0.15, 0.2) is 18.3 Å². The van der Waals surface area contributed by atoms with E-state index in [1.54, 1.807) is 6.20 Å². The maximum Gasteiger partial charge on any atom is 0.238 e. The summed E-state index contributed by atoms with van der Waals surface area (Å²) in [4.78, 5) is 17.5. The topological polar surface area (TPSA) is 45.2 Å². The zero-order valence-corrected chi connectivity index (χ0v) is 11.3. The minimum absolute atomic E-state index is 0.0399. The molecule has 1 aromatic rings. The normalized spacial score (nSPS) is 12.0. The number of anilines is 2. The van der Waals surface area contributed by atoms with E-state index < -0.39 is 0 Å². The van der Waals surface area contributed by atoms with E-state index in [9.17, 15) is 4.79 Å². The molecular formula is C11H16BrN3O. The van der Waals surface area contributed by atoms with Crippen molar-refractivity contribution < 1.29 is 4.79 Å². The molecule has 0 fully saturated rings. The van der Waals surface area contributed by atoms with E-state index in [0.29, 0.717) is 5.69 Å². The highest BCUT2D eigenvalue weighted by molar-refractivity contribution is 9.10. The second kappa shape index (κ2) is 5.84. The van der Waals surface area contributed by atoms with Crippen LogP contribution in [0.25, 0.3) is 0 Å². The Labute approximate surface area is 104 Å². The lowest BCUT2D eigenvalue weighted by Crippen LogP contribution is -2.22. The van der Waals surface area contributed by atoms with Crippen LogP contribution < -0.4 is 10.2 Å². The third-order valence-electron chi connectivity index (χ3n) is 2.12. The van der Waals surface area contributed by atoms with Gasteiger partial charge in [0.2, 0.25) is 5.91 Å². The van der Waals surface area contributed by atoms with Crippen molar-refractivity contribution in [3.8, 4) is 0 Å². The molecule has 0 aliphatic rings. The number of rotatable bonds is 4. The number of carbonyl (C=O) groups excluding carboxylic acids is 1. The number of aromatic nitrogens is 1. The maximum atomic E-state index is 11.6. The molecule has 1 rings (SSSR count). The largest absolute Gasteiger partial charge is 0.363 e. The Morgan fingerprint density at radius 2 is 2.25 bits per heavy atom. The van der Waals surface area contributed by atoms with E-state index in [1.807, 2.05) is 38.1 Å². The van der Waals surface area contributed by atoms with Gasteiger partial charge in [-0.25, -0.2) is 4.98 Å². The molecule has 1 unspecified atom stereocenters. The number of halogens is 1. The molecule has 88 valence electrons. The Balaban J connectivity index is 2.65. The summed E-state index contributed by atoms with van der Waals surface area (Å²) < 4.78 is 0. The van der Waals surface area contributed by atoms with Gasteiger partial charge in [0.15, 0.2) is 0 Å². The highest BCUT2D eigenvalue weighted by atomic mass is 79.9.